The highest BCUT2D eigenvalue weighted by atomic mass is 16.3. The van der Waals surface area contributed by atoms with Gasteiger partial charge in [0.25, 0.3) is 0 Å². The first-order valence-electron chi connectivity index (χ1n) is 5.16. The Morgan fingerprint density at radius 2 is 2.08 bits per heavy atom. The average molecular weight is 182 g/mol. The van der Waals surface area contributed by atoms with Crippen LogP contribution in [0.15, 0.2) is 12.2 Å². The van der Waals surface area contributed by atoms with Crippen LogP contribution in [0.4, 0.5) is 0 Å². The van der Waals surface area contributed by atoms with Crippen LogP contribution in [0, 0.1) is 11.3 Å². The Morgan fingerprint density at radius 3 is 2.85 bits per heavy atom. The van der Waals surface area contributed by atoms with E-state index in [0.717, 1.165) is 25.7 Å². The van der Waals surface area contributed by atoms with Crippen LogP contribution in [0.2, 0.25) is 0 Å². The first-order chi connectivity index (χ1) is 6.10. The fraction of sp³-hybridized carbons (Fsp3) is 0.818. The number of hydrogen-bond acceptors (Lipinski definition) is 2. The Hall–Kier alpha value is -0.340. The normalized spacial score (nSPS) is 50.2. The Balaban J connectivity index is 2.17. The lowest BCUT2D eigenvalue weighted by molar-refractivity contribution is 0.0147. The van der Waals surface area contributed by atoms with Crippen LogP contribution >= 0.6 is 0 Å². The Bertz CT molecular complexity index is 224. The smallest absolute Gasteiger partial charge is 0.0724 e. The number of fused-ring (bicyclic) bond motifs is 1. The minimum atomic E-state index is -0.289. The molecule has 0 heterocycles. The molecule has 0 unspecified atom stereocenters. The molecule has 1 saturated carbocycles. The topological polar surface area (TPSA) is 40.5 Å². The number of aliphatic hydroxyl groups excluding tert-OH is 2. The van der Waals surface area contributed by atoms with Crippen LogP contribution in [0.25, 0.3) is 0 Å². The second-order valence-corrected chi connectivity index (χ2v) is 4.79. The fourth-order valence-electron chi connectivity index (χ4n) is 2.68. The lowest BCUT2D eigenvalue weighted by atomic mass is 9.62. The third-order valence-electron chi connectivity index (χ3n) is 3.73. The van der Waals surface area contributed by atoms with Crippen LogP contribution in [-0.2, 0) is 0 Å². The standard InChI is InChI=1S/C11H18O2/c1-11-4-2-9(12)6-8(11)7-10(13)3-5-11/h2,4,8-10,12-13H,3,5-7H2,1H3/t8-,9-,10-,11+/m0/s1. The van der Waals surface area contributed by atoms with E-state index in [2.05, 4.69) is 13.0 Å². The molecule has 2 aliphatic rings. The van der Waals surface area contributed by atoms with Crippen molar-refractivity contribution in [2.75, 3.05) is 0 Å². The molecule has 1 fully saturated rings. The molecule has 13 heavy (non-hydrogen) atoms. The van der Waals surface area contributed by atoms with E-state index >= 15 is 0 Å². The highest BCUT2D eigenvalue weighted by Crippen LogP contribution is 2.46. The summed E-state index contributed by atoms with van der Waals surface area (Å²) in [6.45, 7) is 2.24. The summed E-state index contributed by atoms with van der Waals surface area (Å²) in [5, 5.41) is 19.0. The highest BCUT2D eigenvalue weighted by molar-refractivity contribution is 5.10. The van der Waals surface area contributed by atoms with E-state index in [4.69, 9.17) is 0 Å². The third-order valence-corrected chi connectivity index (χ3v) is 3.73. The molecule has 0 spiro atoms. The summed E-state index contributed by atoms with van der Waals surface area (Å²) in [7, 11) is 0. The molecule has 0 saturated heterocycles. The molecule has 2 N–H and O–H groups in total. The highest BCUT2D eigenvalue weighted by Gasteiger charge is 2.40. The predicted octanol–water partition coefficient (Wildman–Crippen LogP) is 1.47. The van der Waals surface area contributed by atoms with Gasteiger partial charge < -0.3 is 10.2 Å². The molecule has 0 aromatic heterocycles. The summed E-state index contributed by atoms with van der Waals surface area (Å²) in [4.78, 5) is 0. The Labute approximate surface area is 79.3 Å². The molecule has 4 atom stereocenters. The minimum absolute atomic E-state index is 0.142. The summed E-state index contributed by atoms with van der Waals surface area (Å²) in [5.41, 5.74) is 0.235. The van der Waals surface area contributed by atoms with Crippen molar-refractivity contribution in [1.82, 2.24) is 0 Å². The molecular formula is C11H18O2. The van der Waals surface area contributed by atoms with Crippen molar-refractivity contribution >= 4 is 0 Å². The van der Waals surface area contributed by atoms with Crippen LogP contribution < -0.4 is 0 Å². The number of hydrogen-bond donors (Lipinski definition) is 2. The maximum Gasteiger partial charge on any atom is 0.0724 e. The number of aliphatic hydroxyl groups is 2. The van der Waals surface area contributed by atoms with Crippen LogP contribution in [0.3, 0.4) is 0 Å². The molecule has 2 aliphatic carbocycles. The van der Waals surface area contributed by atoms with Gasteiger partial charge in [-0.25, -0.2) is 0 Å². The van der Waals surface area contributed by atoms with Gasteiger partial charge in [-0.3, -0.25) is 0 Å². The third kappa shape index (κ3) is 1.65. The summed E-state index contributed by atoms with van der Waals surface area (Å²) < 4.78 is 0. The van der Waals surface area contributed by atoms with Gasteiger partial charge in [-0.15, -0.1) is 0 Å². The van der Waals surface area contributed by atoms with Crippen molar-refractivity contribution < 1.29 is 10.2 Å². The van der Waals surface area contributed by atoms with E-state index in [1.165, 1.54) is 0 Å². The molecule has 0 aliphatic heterocycles. The van der Waals surface area contributed by atoms with Crippen LogP contribution in [0.1, 0.15) is 32.6 Å². The molecular weight excluding hydrogens is 164 g/mol. The molecule has 0 aromatic rings. The van der Waals surface area contributed by atoms with Gasteiger partial charge in [0.15, 0.2) is 0 Å². The van der Waals surface area contributed by atoms with E-state index in [-0.39, 0.29) is 17.6 Å². The molecule has 2 rings (SSSR count). The van der Waals surface area contributed by atoms with Gasteiger partial charge in [-0.2, -0.15) is 0 Å². The maximum absolute atomic E-state index is 9.54. The number of rotatable bonds is 0. The zero-order valence-electron chi connectivity index (χ0n) is 8.11. The molecule has 0 amide bonds. The summed E-state index contributed by atoms with van der Waals surface area (Å²) in [5.74, 6) is 0.469. The van der Waals surface area contributed by atoms with E-state index < -0.39 is 0 Å². The molecule has 2 heteroatoms. The first kappa shape index (κ1) is 9.22. The zero-order chi connectivity index (χ0) is 9.47. The summed E-state index contributed by atoms with van der Waals surface area (Å²) >= 11 is 0. The van der Waals surface area contributed by atoms with Gasteiger partial charge in [0, 0.05) is 0 Å². The fourth-order valence-corrected chi connectivity index (χ4v) is 2.68. The van der Waals surface area contributed by atoms with E-state index in [0.29, 0.717) is 5.92 Å². The van der Waals surface area contributed by atoms with Crippen molar-refractivity contribution in [3.63, 3.8) is 0 Å². The largest absolute Gasteiger partial charge is 0.393 e. The van der Waals surface area contributed by atoms with Crippen molar-refractivity contribution in [3.05, 3.63) is 12.2 Å². The molecule has 2 nitrogen and oxygen atoms in total. The van der Waals surface area contributed by atoms with Crippen molar-refractivity contribution in [1.29, 1.82) is 0 Å². The lowest BCUT2D eigenvalue weighted by Gasteiger charge is -2.44. The maximum atomic E-state index is 9.54. The number of allylic oxidation sites excluding steroid dienone is 1. The van der Waals surface area contributed by atoms with Crippen molar-refractivity contribution in [2.24, 2.45) is 11.3 Å². The van der Waals surface area contributed by atoms with E-state index in [1.54, 1.807) is 0 Å². The van der Waals surface area contributed by atoms with Crippen LogP contribution in [-0.4, -0.2) is 22.4 Å². The van der Waals surface area contributed by atoms with Gasteiger partial charge in [-0.1, -0.05) is 19.1 Å². The first-order valence-corrected chi connectivity index (χ1v) is 5.16. The van der Waals surface area contributed by atoms with E-state index in [9.17, 15) is 10.2 Å². The predicted molar refractivity (Wildman–Crippen MR) is 51.2 cm³/mol. The van der Waals surface area contributed by atoms with Gasteiger partial charge in [0.2, 0.25) is 0 Å². The summed E-state index contributed by atoms with van der Waals surface area (Å²) in [6, 6.07) is 0. The SMILES string of the molecule is C[C@]12C=C[C@H](O)C[C@H]1C[C@@H](O)CC2. The molecule has 74 valence electrons. The van der Waals surface area contributed by atoms with Gasteiger partial charge in [0.1, 0.15) is 0 Å². The second-order valence-electron chi connectivity index (χ2n) is 4.79. The van der Waals surface area contributed by atoms with E-state index in [1.807, 2.05) is 6.08 Å². The van der Waals surface area contributed by atoms with Crippen molar-refractivity contribution in [3.8, 4) is 0 Å². The summed E-state index contributed by atoms with van der Waals surface area (Å²) in [6.07, 6.45) is 7.28. The van der Waals surface area contributed by atoms with Crippen LogP contribution in [0.5, 0.6) is 0 Å². The minimum Gasteiger partial charge on any atom is -0.393 e. The quantitative estimate of drug-likeness (QED) is 0.557. The lowest BCUT2D eigenvalue weighted by Crippen LogP contribution is -2.39. The monoisotopic (exact) mass is 182 g/mol. The van der Waals surface area contributed by atoms with Gasteiger partial charge >= 0.3 is 0 Å². The zero-order valence-corrected chi connectivity index (χ0v) is 8.11. The Kier molecular flexibility index (Phi) is 2.20. The molecule has 0 aromatic carbocycles. The average Bonchev–Trinajstić information content (AvgIpc) is 2.08. The van der Waals surface area contributed by atoms with Gasteiger partial charge in [-0.05, 0) is 37.0 Å². The van der Waals surface area contributed by atoms with Gasteiger partial charge in [0.05, 0.1) is 12.2 Å². The second kappa shape index (κ2) is 3.10. The Morgan fingerprint density at radius 1 is 1.31 bits per heavy atom. The van der Waals surface area contributed by atoms with Crippen molar-refractivity contribution in [2.45, 2.75) is 44.8 Å². The molecule has 0 radical (unpaired) electrons. The molecule has 0 bridgehead atoms.